The molecule has 0 radical (unpaired) electrons. The predicted molar refractivity (Wildman–Crippen MR) is 98.3 cm³/mol. The summed E-state index contributed by atoms with van der Waals surface area (Å²) in [4.78, 5) is 13.8. The van der Waals surface area contributed by atoms with E-state index in [2.05, 4.69) is 15.5 Å². The number of thiophene rings is 2. The second-order valence-corrected chi connectivity index (χ2v) is 9.25. The van der Waals surface area contributed by atoms with Gasteiger partial charge in [0.15, 0.2) is 10.6 Å². The third-order valence-corrected chi connectivity index (χ3v) is 6.88. The summed E-state index contributed by atoms with van der Waals surface area (Å²) in [5.74, 6) is 0.337. The lowest BCUT2D eigenvalue weighted by atomic mass is 10.4. The van der Waals surface area contributed by atoms with Gasteiger partial charge in [0, 0.05) is 4.88 Å². The number of carbonyl (C=O) groups is 1. The van der Waals surface area contributed by atoms with Gasteiger partial charge in [0.25, 0.3) is 0 Å². The van der Waals surface area contributed by atoms with E-state index < -0.39 is 10.0 Å². The van der Waals surface area contributed by atoms with Crippen molar-refractivity contribution < 1.29 is 13.2 Å². The lowest BCUT2D eigenvalue weighted by molar-refractivity contribution is -0.121. The maximum absolute atomic E-state index is 12.2. The highest BCUT2D eigenvalue weighted by atomic mass is 32.2. The highest BCUT2D eigenvalue weighted by Crippen LogP contribution is 2.23. The number of aromatic nitrogens is 3. The first-order valence-corrected chi connectivity index (χ1v) is 10.6. The molecule has 25 heavy (non-hydrogen) atoms. The van der Waals surface area contributed by atoms with E-state index in [0.29, 0.717) is 15.5 Å². The van der Waals surface area contributed by atoms with Crippen LogP contribution in [-0.4, -0.2) is 29.1 Å². The zero-order chi connectivity index (χ0) is 18.0. The molecule has 0 fully saturated rings. The summed E-state index contributed by atoms with van der Waals surface area (Å²) in [6.07, 6.45) is 0. The molecule has 8 nitrogen and oxygen atoms in total. The van der Waals surface area contributed by atoms with Gasteiger partial charge in [0.2, 0.25) is 15.9 Å². The van der Waals surface area contributed by atoms with Crippen molar-refractivity contribution in [3.8, 4) is 10.7 Å². The van der Waals surface area contributed by atoms with Crippen LogP contribution < -0.4 is 10.5 Å². The molecule has 0 spiro atoms. The van der Waals surface area contributed by atoms with Gasteiger partial charge in [0.05, 0.1) is 11.4 Å². The molecule has 4 N–H and O–H groups in total. The van der Waals surface area contributed by atoms with Crippen LogP contribution in [0, 0.1) is 4.77 Å². The Hall–Kier alpha value is -1.86. The van der Waals surface area contributed by atoms with Crippen molar-refractivity contribution in [1.29, 1.82) is 0 Å². The lowest BCUT2D eigenvalue weighted by Gasteiger charge is -2.06. The molecule has 3 aromatic heterocycles. The number of amides is 1. The number of carbonyl (C=O) groups excluding carboxylic acids is 1. The Morgan fingerprint density at radius 3 is 2.84 bits per heavy atom. The zero-order valence-electron chi connectivity index (χ0n) is 12.6. The summed E-state index contributed by atoms with van der Waals surface area (Å²) < 4.78 is 24.5. The van der Waals surface area contributed by atoms with Crippen molar-refractivity contribution in [3.63, 3.8) is 0 Å². The monoisotopic (exact) mass is 415 g/mol. The smallest absolute Gasteiger partial charge is 0.247 e. The Bertz CT molecular complexity index is 1050. The summed E-state index contributed by atoms with van der Waals surface area (Å²) >= 11 is 7.70. The van der Waals surface area contributed by atoms with Crippen LogP contribution in [0.25, 0.3) is 10.7 Å². The molecule has 0 aliphatic rings. The maximum Gasteiger partial charge on any atom is 0.247 e. The van der Waals surface area contributed by atoms with Gasteiger partial charge in [0.1, 0.15) is 10.8 Å². The van der Waals surface area contributed by atoms with Crippen molar-refractivity contribution in [1.82, 2.24) is 20.1 Å². The number of hydrogen-bond acceptors (Lipinski definition) is 7. The van der Waals surface area contributed by atoms with Crippen LogP contribution in [0.3, 0.4) is 0 Å². The van der Waals surface area contributed by atoms with E-state index >= 15 is 0 Å². The van der Waals surface area contributed by atoms with Crippen molar-refractivity contribution >= 4 is 50.8 Å². The summed E-state index contributed by atoms with van der Waals surface area (Å²) in [5.41, 5.74) is 0. The predicted octanol–water partition coefficient (Wildman–Crippen LogP) is 1.69. The van der Waals surface area contributed by atoms with Gasteiger partial charge in [-0.1, -0.05) is 6.07 Å². The number of sulfonamides is 1. The Morgan fingerprint density at radius 2 is 2.20 bits per heavy atom. The van der Waals surface area contributed by atoms with Gasteiger partial charge in [-0.15, -0.1) is 22.7 Å². The van der Waals surface area contributed by atoms with E-state index in [-0.39, 0.29) is 23.2 Å². The molecule has 12 heteroatoms. The summed E-state index contributed by atoms with van der Waals surface area (Å²) in [5, 5.41) is 16.6. The second-order valence-electron chi connectivity index (χ2n) is 4.96. The number of nitrogens with two attached hydrogens (primary N) is 1. The molecule has 132 valence electrons. The lowest BCUT2D eigenvalue weighted by Crippen LogP contribution is -2.27. The van der Waals surface area contributed by atoms with Gasteiger partial charge in [-0.3, -0.25) is 14.5 Å². The van der Waals surface area contributed by atoms with E-state index in [4.69, 9.17) is 17.4 Å². The normalized spacial score (nSPS) is 11.6. The van der Waals surface area contributed by atoms with E-state index in [1.165, 1.54) is 17.4 Å². The molecule has 0 aromatic carbocycles. The molecule has 3 rings (SSSR count). The van der Waals surface area contributed by atoms with Crippen LogP contribution in [-0.2, 0) is 27.9 Å². The van der Waals surface area contributed by atoms with Crippen LogP contribution in [0.1, 0.15) is 4.88 Å². The summed E-state index contributed by atoms with van der Waals surface area (Å²) in [6.45, 7) is 0.217. The molecule has 0 bridgehead atoms. The third kappa shape index (κ3) is 4.22. The Kier molecular flexibility index (Phi) is 5.15. The first kappa shape index (κ1) is 17.9. The first-order chi connectivity index (χ1) is 11.8. The molecular formula is C13H13N5O3S4. The second kappa shape index (κ2) is 7.17. The van der Waals surface area contributed by atoms with Crippen LogP contribution in [0.15, 0.2) is 33.9 Å². The molecule has 0 atom stereocenters. The van der Waals surface area contributed by atoms with E-state index in [0.717, 1.165) is 16.2 Å². The largest absolute Gasteiger partial charge is 0.350 e. The highest BCUT2D eigenvalue weighted by Gasteiger charge is 2.14. The number of nitrogens with zero attached hydrogens (tertiary/aromatic N) is 2. The Morgan fingerprint density at radius 1 is 1.40 bits per heavy atom. The topological polar surface area (TPSA) is 123 Å². The number of primary sulfonamides is 1. The quantitative estimate of drug-likeness (QED) is 0.529. The van der Waals surface area contributed by atoms with Gasteiger partial charge in [-0.05, 0) is 35.8 Å². The van der Waals surface area contributed by atoms with Crippen molar-refractivity contribution in [2.75, 3.05) is 0 Å². The van der Waals surface area contributed by atoms with Crippen molar-refractivity contribution in [2.45, 2.75) is 17.3 Å². The number of H-pyrrole nitrogens is 1. The minimum atomic E-state index is -3.72. The minimum Gasteiger partial charge on any atom is -0.350 e. The average Bonchev–Trinajstić information content (AvgIpc) is 3.26. The van der Waals surface area contributed by atoms with Gasteiger partial charge < -0.3 is 5.32 Å². The summed E-state index contributed by atoms with van der Waals surface area (Å²) in [6, 6.07) is 6.82. The number of aromatic amines is 1. The van der Waals surface area contributed by atoms with Crippen LogP contribution in [0.2, 0.25) is 0 Å². The van der Waals surface area contributed by atoms with Gasteiger partial charge in [-0.25, -0.2) is 13.6 Å². The maximum atomic E-state index is 12.2. The Balaban J connectivity index is 1.67. The van der Waals surface area contributed by atoms with Crippen LogP contribution in [0.5, 0.6) is 0 Å². The van der Waals surface area contributed by atoms with E-state index in [1.807, 2.05) is 17.5 Å². The van der Waals surface area contributed by atoms with E-state index in [1.54, 1.807) is 10.6 Å². The number of rotatable bonds is 6. The highest BCUT2D eigenvalue weighted by molar-refractivity contribution is 7.91. The molecule has 3 aromatic rings. The molecule has 0 saturated heterocycles. The molecule has 1 amide bonds. The fourth-order valence-electron chi connectivity index (χ4n) is 2.05. The minimum absolute atomic E-state index is 0.00991. The van der Waals surface area contributed by atoms with Gasteiger partial charge in [-0.2, -0.15) is 5.10 Å². The molecular weight excluding hydrogens is 402 g/mol. The van der Waals surface area contributed by atoms with Gasteiger partial charge >= 0.3 is 0 Å². The van der Waals surface area contributed by atoms with E-state index in [9.17, 15) is 13.2 Å². The average molecular weight is 416 g/mol. The standard InChI is InChI=1S/C13H13N5O3S4/c14-25(20,21)11-4-3-8(24-11)6-15-10(19)7-18-12(16-17-13(18)22)9-2-1-5-23-9/h1-5H,6-7H2,(H,15,19)(H,17,22)(H2,14,20,21). The van der Waals surface area contributed by atoms with Crippen LogP contribution >= 0.6 is 34.9 Å². The molecule has 0 aliphatic heterocycles. The third-order valence-electron chi connectivity index (χ3n) is 3.18. The zero-order valence-corrected chi connectivity index (χ0v) is 15.9. The van der Waals surface area contributed by atoms with Crippen molar-refractivity contribution in [2.24, 2.45) is 5.14 Å². The Labute approximate surface area is 156 Å². The molecule has 0 aliphatic carbocycles. The van der Waals surface area contributed by atoms with Crippen molar-refractivity contribution in [3.05, 3.63) is 39.3 Å². The van der Waals surface area contributed by atoms with Crippen LogP contribution in [0.4, 0.5) is 0 Å². The summed E-state index contributed by atoms with van der Waals surface area (Å²) in [7, 11) is -3.72. The number of nitrogens with one attached hydrogen (secondary N) is 2. The molecule has 3 heterocycles. The first-order valence-electron chi connectivity index (χ1n) is 6.92. The molecule has 0 unspecified atom stereocenters. The fraction of sp³-hybridized carbons (Fsp3) is 0.154. The molecule has 0 saturated carbocycles. The fourth-order valence-corrected chi connectivity index (χ4v) is 4.69. The SMILES string of the molecule is NS(=O)(=O)c1ccc(CNC(=O)Cn2c(-c3cccs3)n[nH]c2=S)s1. The number of hydrogen-bond donors (Lipinski definition) is 3.